The summed E-state index contributed by atoms with van der Waals surface area (Å²) in [5, 5.41) is 4.36. The van der Waals surface area contributed by atoms with Gasteiger partial charge in [0.1, 0.15) is 0 Å². The molecule has 166 valence electrons. The first-order valence-electron chi connectivity index (χ1n) is 11.7. The molecule has 1 saturated heterocycles. The highest BCUT2D eigenvalue weighted by molar-refractivity contribution is 5.95. The van der Waals surface area contributed by atoms with Gasteiger partial charge in [0.15, 0.2) is 0 Å². The predicted octanol–water partition coefficient (Wildman–Crippen LogP) is 3.97. The Labute approximate surface area is 185 Å². The van der Waals surface area contributed by atoms with Crippen molar-refractivity contribution < 1.29 is 9.59 Å². The molecule has 2 fully saturated rings. The summed E-state index contributed by atoms with van der Waals surface area (Å²) in [6.07, 6.45) is 9.46. The Morgan fingerprint density at radius 3 is 2.52 bits per heavy atom. The van der Waals surface area contributed by atoms with E-state index < -0.39 is 0 Å². The lowest BCUT2D eigenvalue weighted by Gasteiger charge is -2.39. The van der Waals surface area contributed by atoms with Crippen molar-refractivity contribution in [3.05, 3.63) is 53.9 Å². The van der Waals surface area contributed by atoms with Gasteiger partial charge in [0, 0.05) is 55.5 Å². The SMILES string of the molecule is CCN(Cc1cnn(CC)c1)C(=O)C1CN(C(=O)c2ccccc2)CC12CCCCC2. The van der Waals surface area contributed by atoms with Crippen LogP contribution in [0, 0.1) is 11.3 Å². The lowest BCUT2D eigenvalue weighted by molar-refractivity contribution is -0.139. The fourth-order valence-corrected chi connectivity index (χ4v) is 5.44. The van der Waals surface area contributed by atoms with Crippen LogP contribution in [0.15, 0.2) is 42.7 Å². The zero-order valence-corrected chi connectivity index (χ0v) is 18.8. The Bertz CT molecular complexity index is 901. The molecule has 1 saturated carbocycles. The zero-order chi connectivity index (χ0) is 21.8. The van der Waals surface area contributed by atoms with Crippen molar-refractivity contribution in [2.24, 2.45) is 11.3 Å². The Morgan fingerprint density at radius 1 is 1.13 bits per heavy atom. The summed E-state index contributed by atoms with van der Waals surface area (Å²) in [6.45, 7) is 7.38. The number of aromatic nitrogens is 2. The third kappa shape index (κ3) is 4.39. The molecular formula is C25H34N4O2. The zero-order valence-electron chi connectivity index (χ0n) is 18.8. The third-order valence-corrected chi connectivity index (χ3v) is 7.18. The molecule has 1 spiro atoms. The standard InChI is InChI=1S/C25H34N4O2/c1-3-27(16-20-15-26-29(4-2)17-20)24(31)22-18-28(19-25(22)13-9-6-10-14-25)23(30)21-11-7-5-8-12-21/h5,7-8,11-12,15,17,22H,3-4,6,9-10,13-14,16,18-19H2,1-2H3. The summed E-state index contributed by atoms with van der Waals surface area (Å²) in [5.41, 5.74) is 1.69. The molecule has 0 N–H and O–H groups in total. The minimum Gasteiger partial charge on any atom is -0.338 e. The molecule has 1 aliphatic carbocycles. The smallest absolute Gasteiger partial charge is 0.253 e. The van der Waals surface area contributed by atoms with Gasteiger partial charge in [-0.1, -0.05) is 37.5 Å². The van der Waals surface area contributed by atoms with Gasteiger partial charge in [-0.25, -0.2) is 0 Å². The van der Waals surface area contributed by atoms with Crippen LogP contribution < -0.4 is 0 Å². The normalized spacial score (nSPS) is 20.2. The number of carbonyl (C=O) groups is 2. The monoisotopic (exact) mass is 422 g/mol. The van der Waals surface area contributed by atoms with E-state index >= 15 is 0 Å². The molecular weight excluding hydrogens is 388 g/mol. The molecule has 4 rings (SSSR count). The molecule has 2 aromatic rings. The molecule has 6 heteroatoms. The highest BCUT2D eigenvalue weighted by Crippen LogP contribution is 2.48. The summed E-state index contributed by atoms with van der Waals surface area (Å²) in [7, 11) is 0. The van der Waals surface area contributed by atoms with Gasteiger partial charge in [0.25, 0.3) is 5.91 Å². The first-order valence-corrected chi connectivity index (χ1v) is 11.7. The average Bonchev–Trinajstić information content (AvgIpc) is 3.42. The van der Waals surface area contributed by atoms with Crippen molar-refractivity contribution in [1.82, 2.24) is 19.6 Å². The summed E-state index contributed by atoms with van der Waals surface area (Å²) in [4.78, 5) is 30.9. The first kappa shape index (κ1) is 21.6. The molecule has 31 heavy (non-hydrogen) atoms. The first-order chi connectivity index (χ1) is 15.1. The van der Waals surface area contributed by atoms with Crippen LogP contribution in [0.25, 0.3) is 0 Å². The van der Waals surface area contributed by atoms with Crippen LogP contribution in [0.3, 0.4) is 0 Å². The number of carbonyl (C=O) groups excluding carboxylic acids is 2. The summed E-state index contributed by atoms with van der Waals surface area (Å²) >= 11 is 0. The predicted molar refractivity (Wildman–Crippen MR) is 120 cm³/mol. The topological polar surface area (TPSA) is 58.4 Å². The van der Waals surface area contributed by atoms with E-state index in [1.54, 1.807) is 0 Å². The van der Waals surface area contributed by atoms with Crippen LogP contribution >= 0.6 is 0 Å². The van der Waals surface area contributed by atoms with E-state index in [1.807, 2.05) is 64.1 Å². The molecule has 1 unspecified atom stereocenters. The van der Waals surface area contributed by atoms with E-state index in [9.17, 15) is 9.59 Å². The number of amides is 2. The van der Waals surface area contributed by atoms with Gasteiger partial charge in [-0.15, -0.1) is 0 Å². The Kier molecular flexibility index (Phi) is 6.44. The molecule has 2 aliphatic rings. The number of benzene rings is 1. The maximum atomic E-state index is 13.8. The maximum Gasteiger partial charge on any atom is 0.253 e. The van der Waals surface area contributed by atoms with E-state index in [2.05, 4.69) is 12.0 Å². The van der Waals surface area contributed by atoms with Gasteiger partial charge >= 0.3 is 0 Å². The number of rotatable bonds is 6. The third-order valence-electron chi connectivity index (χ3n) is 7.18. The molecule has 2 amide bonds. The van der Waals surface area contributed by atoms with Gasteiger partial charge < -0.3 is 9.80 Å². The molecule has 1 aliphatic heterocycles. The van der Waals surface area contributed by atoms with Crippen molar-refractivity contribution in [3.63, 3.8) is 0 Å². The second-order valence-electron chi connectivity index (χ2n) is 9.08. The van der Waals surface area contributed by atoms with Gasteiger partial charge in [-0.2, -0.15) is 5.10 Å². The van der Waals surface area contributed by atoms with Crippen molar-refractivity contribution in [2.45, 2.75) is 59.0 Å². The van der Waals surface area contributed by atoms with Crippen molar-refractivity contribution in [1.29, 1.82) is 0 Å². The molecule has 1 aromatic carbocycles. The summed E-state index contributed by atoms with van der Waals surface area (Å²) in [6, 6.07) is 9.47. The molecule has 0 radical (unpaired) electrons. The van der Waals surface area contributed by atoms with E-state index in [0.717, 1.165) is 37.8 Å². The average molecular weight is 423 g/mol. The van der Waals surface area contributed by atoms with Gasteiger partial charge in [-0.05, 0) is 38.8 Å². The number of hydrogen-bond donors (Lipinski definition) is 0. The van der Waals surface area contributed by atoms with Crippen molar-refractivity contribution >= 4 is 11.8 Å². The van der Waals surface area contributed by atoms with E-state index in [4.69, 9.17) is 0 Å². The highest BCUT2D eigenvalue weighted by Gasteiger charge is 2.52. The molecule has 2 heterocycles. The molecule has 6 nitrogen and oxygen atoms in total. The highest BCUT2D eigenvalue weighted by atomic mass is 16.2. The maximum absolute atomic E-state index is 13.8. The lowest BCUT2D eigenvalue weighted by Crippen LogP contribution is -2.44. The van der Waals surface area contributed by atoms with Crippen LogP contribution in [-0.4, -0.2) is 51.0 Å². The minimum absolute atomic E-state index is 0.0492. The lowest BCUT2D eigenvalue weighted by atomic mass is 9.67. The van der Waals surface area contributed by atoms with Gasteiger partial charge in [0.05, 0.1) is 12.1 Å². The number of nitrogens with zero attached hydrogens (tertiary/aromatic N) is 4. The van der Waals surface area contributed by atoms with E-state index in [1.165, 1.54) is 6.42 Å². The summed E-state index contributed by atoms with van der Waals surface area (Å²) in [5.74, 6) is 0.117. The van der Waals surface area contributed by atoms with E-state index in [-0.39, 0.29) is 23.1 Å². The quantitative estimate of drug-likeness (QED) is 0.708. The van der Waals surface area contributed by atoms with Crippen LogP contribution in [0.1, 0.15) is 61.9 Å². The van der Waals surface area contributed by atoms with E-state index in [0.29, 0.717) is 31.7 Å². The molecule has 1 atom stereocenters. The fraction of sp³-hybridized carbons (Fsp3) is 0.560. The Balaban J connectivity index is 1.55. The van der Waals surface area contributed by atoms with Gasteiger partial charge in [-0.3, -0.25) is 14.3 Å². The minimum atomic E-state index is -0.123. The van der Waals surface area contributed by atoms with Crippen LogP contribution in [0.4, 0.5) is 0 Å². The number of likely N-dealkylation sites (tertiary alicyclic amines) is 1. The Morgan fingerprint density at radius 2 is 1.87 bits per heavy atom. The van der Waals surface area contributed by atoms with Gasteiger partial charge in [0.2, 0.25) is 5.91 Å². The second-order valence-corrected chi connectivity index (χ2v) is 9.08. The fourth-order valence-electron chi connectivity index (χ4n) is 5.44. The Hall–Kier alpha value is -2.63. The molecule has 0 bridgehead atoms. The van der Waals surface area contributed by atoms with Crippen LogP contribution in [0.5, 0.6) is 0 Å². The summed E-state index contributed by atoms with van der Waals surface area (Å²) < 4.78 is 1.89. The largest absolute Gasteiger partial charge is 0.338 e. The van der Waals surface area contributed by atoms with Crippen LogP contribution in [0.2, 0.25) is 0 Å². The van der Waals surface area contributed by atoms with Crippen molar-refractivity contribution in [3.8, 4) is 0 Å². The second kappa shape index (κ2) is 9.25. The number of hydrogen-bond acceptors (Lipinski definition) is 3. The number of aryl methyl sites for hydroxylation is 1. The molecule has 1 aromatic heterocycles. The van der Waals surface area contributed by atoms with Crippen molar-refractivity contribution in [2.75, 3.05) is 19.6 Å². The van der Waals surface area contributed by atoms with Crippen LogP contribution in [-0.2, 0) is 17.9 Å².